The van der Waals surface area contributed by atoms with Crippen LogP contribution in [0.4, 0.5) is 18.9 Å². The third-order valence-corrected chi connectivity index (χ3v) is 3.60. The monoisotopic (exact) mass is 346 g/mol. The topological polar surface area (TPSA) is 78.4 Å². The van der Waals surface area contributed by atoms with Gasteiger partial charge in [-0.1, -0.05) is 27.7 Å². The van der Waals surface area contributed by atoms with Crippen molar-refractivity contribution in [1.29, 1.82) is 0 Å². The minimum Gasteiger partial charge on any atom is -0.392 e. The van der Waals surface area contributed by atoms with Crippen molar-refractivity contribution in [3.05, 3.63) is 29.6 Å². The zero-order valence-electron chi connectivity index (χ0n) is 13.9. The number of carbonyl (C=O) groups is 2. The third kappa shape index (κ3) is 4.95. The molecule has 0 radical (unpaired) electrons. The molecule has 1 rings (SSSR count). The Morgan fingerprint density at radius 2 is 1.62 bits per heavy atom. The summed E-state index contributed by atoms with van der Waals surface area (Å²) in [5.41, 5.74) is -1.34. The first kappa shape index (κ1) is 20.0. The average Bonchev–Trinajstić information content (AvgIpc) is 2.49. The number of nitrogens with one attached hydrogen (secondary N) is 2. The number of amides is 2. The van der Waals surface area contributed by atoms with Crippen molar-refractivity contribution in [1.82, 2.24) is 5.32 Å². The van der Waals surface area contributed by atoms with Crippen LogP contribution in [0.15, 0.2) is 12.1 Å². The molecule has 2 amide bonds. The lowest BCUT2D eigenvalue weighted by atomic mass is 9.81. The van der Waals surface area contributed by atoms with Crippen LogP contribution in [0.25, 0.3) is 0 Å². The number of rotatable bonds is 5. The van der Waals surface area contributed by atoms with Crippen LogP contribution < -0.4 is 10.6 Å². The molecule has 134 valence electrons. The largest absolute Gasteiger partial charge is 0.392 e. The van der Waals surface area contributed by atoms with Gasteiger partial charge in [0.2, 0.25) is 0 Å². The molecule has 0 aliphatic rings. The van der Waals surface area contributed by atoms with E-state index in [9.17, 15) is 27.9 Å². The van der Waals surface area contributed by atoms with Crippen molar-refractivity contribution >= 4 is 17.5 Å². The molecule has 0 bridgehead atoms. The molecule has 1 aromatic rings. The highest BCUT2D eigenvalue weighted by Gasteiger charge is 2.31. The van der Waals surface area contributed by atoms with Gasteiger partial charge in [-0.15, -0.1) is 0 Å². The third-order valence-electron chi connectivity index (χ3n) is 3.60. The maximum absolute atomic E-state index is 13.4. The molecule has 5 nitrogen and oxygen atoms in total. The van der Waals surface area contributed by atoms with Gasteiger partial charge in [-0.25, -0.2) is 13.2 Å². The van der Waals surface area contributed by atoms with Gasteiger partial charge >= 0.3 is 11.8 Å². The number of halogens is 3. The van der Waals surface area contributed by atoms with E-state index in [-0.39, 0.29) is 18.5 Å². The van der Waals surface area contributed by atoms with E-state index in [1.54, 1.807) is 13.8 Å². The molecule has 0 aromatic heterocycles. The summed E-state index contributed by atoms with van der Waals surface area (Å²) < 4.78 is 39.3. The maximum atomic E-state index is 13.4. The molecule has 1 aromatic carbocycles. The second-order valence-corrected chi connectivity index (χ2v) is 6.56. The van der Waals surface area contributed by atoms with Gasteiger partial charge in [-0.2, -0.15) is 0 Å². The van der Waals surface area contributed by atoms with E-state index in [0.29, 0.717) is 6.07 Å². The van der Waals surface area contributed by atoms with Gasteiger partial charge in [-0.3, -0.25) is 9.59 Å². The Labute approximate surface area is 138 Å². The fourth-order valence-electron chi connectivity index (χ4n) is 2.19. The van der Waals surface area contributed by atoms with Crippen LogP contribution in [-0.4, -0.2) is 29.6 Å². The van der Waals surface area contributed by atoms with Crippen molar-refractivity contribution in [2.45, 2.75) is 33.8 Å². The highest BCUT2D eigenvalue weighted by atomic mass is 19.2. The van der Waals surface area contributed by atoms with Crippen molar-refractivity contribution in [2.75, 3.05) is 11.9 Å². The van der Waals surface area contributed by atoms with E-state index in [2.05, 4.69) is 5.32 Å². The number of carbonyl (C=O) groups excluding carboxylic acids is 2. The summed E-state index contributed by atoms with van der Waals surface area (Å²) in [4.78, 5) is 23.5. The fourth-order valence-corrected chi connectivity index (χ4v) is 2.19. The van der Waals surface area contributed by atoms with Crippen molar-refractivity contribution in [2.24, 2.45) is 11.3 Å². The summed E-state index contributed by atoms with van der Waals surface area (Å²) in [5.74, 6) is -6.32. The Balaban J connectivity index is 2.70. The summed E-state index contributed by atoms with van der Waals surface area (Å²) in [6, 6.07) is 0.716. The Bertz CT molecular complexity index is 633. The summed E-state index contributed by atoms with van der Waals surface area (Å²) in [7, 11) is 0. The van der Waals surface area contributed by atoms with Crippen LogP contribution in [0.3, 0.4) is 0 Å². The van der Waals surface area contributed by atoms with Crippen molar-refractivity contribution < 1.29 is 27.9 Å². The summed E-state index contributed by atoms with van der Waals surface area (Å²) in [5, 5.41) is 14.2. The van der Waals surface area contributed by atoms with Crippen LogP contribution in [-0.2, 0) is 9.59 Å². The van der Waals surface area contributed by atoms with Gasteiger partial charge in [0.05, 0.1) is 11.8 Å². The molecule has 0 aliphatic carbocycles. The molecule has 0 spiro atoms. The SMILES string of the molecule is CC(C)C(O)C(C)(C)CNC(=O)C(=O)Nc1cc(F)c(F)cc1F. The normalized spacial score (nSPS) is 12.9. The first-order valence-corrected chi connectivity index (χ1v) is 7.37. The summed E-state index contributed by atoms with van der Waals surface area (Å²) in [6.07, 6.45) is -0.718. The highest BCUT2D eigenvalue weighted by molar-refractivity contribution is 6.39. The van der Waals surface area contributed by atoms with E-state index in [4.69, 9.17) is 0 Å². The number of aliphatic hydroxyl groups is 1. The maximum Gasteiger partial charge on any atom is 0.313 e. The van der Waals surface area contributed by atoms with Gasteiger partial charge in [0, 0.05) is 24.1 Å². The lowest BCUT2D eigenvalue weighted by Crippen LogP contribution is -2.46. The van der Waals surface area contributed by atoms with Gasteiger partial charge in [-0.05, 0) is 5.92 Å². The van der Waals surface area contributed by atoms with Crippen LogP contribution in [0.1, 0.15) is 27.7 Å². The van der Waals surface area contributed by atoms with Gasteiger partial charge in [0.15, 0.2) is 11.6 Å². The molecule has 0 aliphatic heterocycles. The van der Waals surface area contributed by atoms with E-state index >= 15 is 0 Å². The average molecular weight is 346 g/mol. The van der Waals surface area contributed by atoms with E-state index < -0.39 is 46.5 Å². The van der Waals surface area contributed by atoms with Crippen LogP contribution in [0.2, 0.25) is 0 Å². The molecule has 3 N–H and O–H groups in total. The number of benzene rings is 1. The molecule has 1 unspecified atom stereocenters. The second kappa shape index (κ2) is 7.65. The predicted molar refractivity (Wildman–Crippen MR) is 82.6 cm³/mol. The highest BCUT2D eigenvalue weighted by Crippen LogP contribution is 2.25. The van der Waals surface area contributed by atoms with Crippen LogP contribution in [0, 0.1) is 28.8 Å². The Morgan fingerprint density at radius 3 is 2.17 bits per heavy atom. The first-order chi connectivity index (χ1) is 11.0. The van der Waals surface area contributed by atoms with E-state index in [1.807, 2.05) is 19.2 Å². The number of hydrogen-bond acceptors (Lipinski definition) is 3. The van der Waals surface area contributed by atoms with E-state index in [1.165, 1.54) is 0 Å². The second-order valence-electron chi connectivity index (χ2n) is 6.56. The quantitative estimate of drug-likeness (QED) is 0.565. The van der Waals surface area contributed by atoms with Gasteiger partial charge in [0.1, 0.15) is 5.82 Å². The Kier molecular flexibility index (Phi) is 6.36. The molecule has 0 fully saturated rings. The first-order valence-electron chi connectivity index (χ1n) is 7.37. The standard InChI is InChI=1S/C16H21F3N2O3/c1-8(2)13(22)16(3,4)7-20-14(23)15(24)21-12-6-10(18)9(17)5-11(12)19/h5-6,8,13,22H,7H2,1-4H3,(H,20,23)(H,21,24). The Morgan fingerprint density at radius 1 is 1.08 bits per heavy atom. The molecule has 8 heteroatoms. The lowest BCUT2D eigenvalue weighted by Gasteiger charge is -2.33. The number of aliphatic hydroxyl groups excluding tert-OH is 1. The smallest absolute Gasteiger partial charge is 0.313 e. The minimum absolute atomic E-state index is 0.00113. The lowest BCUT2D eigenvalue weighted by molar-refractivity contribution is -0.136. The molecule has 24 heavy (non-hydrogen) atoms. The molecule has 0 saturated carbocycles. The van der Waals surface area contributed by atoms with Crippen molar-refractivity contribution in [3.8, 4) is 0 Å². The minimum atomic E-state index is -1.40. The molecular formula is C16H21F3N2O3. The zero-order chi connectivity index (χ0) is 18.7. The fraction of sp³-hybridized carbons (Fsp3) is 0.500. The Hall–Kier alpha value is -2.09. The summed E-state index contributed by atoms with van der Waals surface area (Å²) in [6.45, 7) is 7.05. The molecule has 0 saturated heterocycles. The van der Waals surface area contributed by atoms with Gasteiger partial charge < -0.3 is 15.7 Å². The molecule has 0 heterocycles. The summed E-state index contributed by atoms with van der Waals surface area (Å²) >= 11 is 0. The number of anilines is 1. The molecule has 1 atom stereocenters. The number of hydrogen-bond donors (Lipinski definition) is 3. The zero-order valence-corrected chi connectivity index (χ0v) is 13.9. The molecular weight excluding hydrogens is 325 g/mol. The van der Waals surface area contributed by atoms with Gasteiger partial charge in [0.25, 0.3) is 0 Å². The van der Waals surface area contributed by atoms with E-state index in [0.717, 1.165) is 0 Å². The van der Waals surface area contributed by atoms with Crippen LogP contribution in [0.5, 0.6) is 0 Å². The predicted octanol–water partition coefficient (Wildman–Crippen LogP) is 2.20. The van der Waals surface area contributed by atoms with Crippen LogP contribution >= 0.6 is 0 Å². The van der Waals surface area contributed by atoms with Crippen molar-refractivity contribution in [3.63, 3.8) is 0 Å².